The molecule has 0 atom stereocenters. The molecule has 1 N–H and O–H groups in total. The van der Waals surface area contributed by atoms with E-state index in [0.29, 0.717) is 18.4 Å². The third-order valence-electron chi connectivity index (χ3n) is 2.95. The van der Waals surface area contributed by atoms with Crippen LogP contribution in [-0.4, -0.2) is 20.6 Å². The molecule has 0 unspecified atom stereocenters. The Morgan fingerprint density at radius 3 is 2.44 bits per heavy atom. The largest absolute Gasteiger partial charge is 0.484 e. The van der Waals surface area contributed by atoms with Gasteiger partial charge in [-0.3, -0.25) is 4.79 Å². The van der Waals surface area contributed by atoms with E-state index >= 15 is 0 Å². The van der Waals surface area contributed by atoms with Crippen LogP contribution in [0.5, 0.6) is 5.75 Å². The predicted octanol–water partition coefficient (Wildman–Crippen LogP) is 3.03. The molecule has 2 aromatic carbocycles. The second-order valence-electron chi connectivity index (χ2n) is 4.97. The first-order valence-electron chi connectivity index (χ1n) is 6.65. The Balaban J connectivity index is 2.24. The van der Waals surface area contributed by atoms with Gasteiger partial charge in [0.25, 0.3) is 5.91 Å². The quantitative estimate of drug-likeness (QED) is 0.847. The Labute approximate surface area is 146 Å². The number of carbonyl (C=O) groups excluding carboxylic acids is 1. The highest BCUT2D eigenvalue weighted by Crippen LogP contribution is 2.28. The van der Waals surface area contributed by atoms with Crippen LogP contribution < -0.4 is 9.46 Å². The minimum atomic E-state index is -3.94. The zero-order valence-electron chi connectivity index (χ0n) is 12.6. The molecule has 0 heterocycles. The molecule has 0 aliphatic heterocycles. The molecule has 0 fully saturated rings. The normalized spacial score (nSPS) is 11.2. The summed E-state index contributed by atoms with van der Waals surface area (Å²) >= 11 is 5.75. The molecule has 0 aromatic heterocycles. The summed E-state index contributed by atoms with van der Waals surface area (Å²) in [5.74, 6) is -4.63. The van der Waals surface area contributed by atoms with Gasteiger partial charge in [0.05, 0.1) is 16.8 Å². The van der Waals surface area contributed by atoms with Crippen LogP contribution >= 0.6 is 11.6 Å². The van der Waals surface area contributed by atoms with E-state index in [-0.39, 0.29) is 16.3 Å². The van der Waals surface area contributed by atoms with Gasteiger partial charge in [0.1, 0.15) is 18.2 Å². The summed E-state index contributed by atoms with van der Waals surface area (Å²) in [5, 5.41) is -0.0509. The molecule has 0 radical (unpaired) electrons. The zero-order chi connectivity index (χ0) is 18.8. The van der Waals surface area contributed by atoms with Gasteiger partial charge in [-0.15, -0.1) is 0 Å². The monoisotopic (exact) mass is 393 g/mol. The number of halogens is 4. The Morgan fingerprint density at radius 2 is 1.84 bits per heavy atom. The van der Waals surface area contributed by atoms with E-state index in [0.717, 1.165) is 6.07 Å². The second kappa shape index (κ2) is 7.32. The van der Waals surface area contributed by atoms with Crippen LogP contribution in [0, 0.1) is 17.5 Å². The molecule has 0 saturated carbocycles. The SMILES string of the molecule is CS(=O)(=O)NC(=O)c1cc(F)c(COc2c(F)cccc2Cl)cc1F. The van der Waals surface area contributed by atoms with E-state index in [1.54, 1.807) is 0 Å². The fraction of sp³-hybridized carbons (Fsp3) is 0.133. The molecule has 0 aliphatic carbocycles. The van der Waals surface area contributed by atoms with Crippen LogP contribution in [0.3, 0.4) is 0 Å². The molecule has 10 heteroatoms. The molecule has 0 aliphatic rings. The maximum absolute atomic E-state index is 14.0. The molecule has 25 heavy (non-hydrogen) atoms. The van der Waals surface area contributed by atoms with Crippen LogP contribution in [0.15, 0.2) is 30.3 Å². The van der Waals surface area contributed by atoms with Gasteiger partial charge in [-0.1, -0.05) is 17.7 Å². The summed E-state index contributed by atoms with van der Waals surface area (Å²) in [6.07, 6.45) is 0.694. The minimum Gasteiger partial charge on any atom is -0.484 e. The van der Waals surface area contributed by atoms with Gasteiger partial charge in [0.2, 0.25) is 10.0 Å². The highest BCUT2D eigenvalue weighted by Gasteiger charge is 2.19. The first-order valence-corrected chi connectivity index (χ1v) is 8.92. The van der Waals surface area contributed by atoms with E-state index in [2.05, 4.69) is 0 Å². The maximum atomic E-state index is 14.0. The number of nitrogens with one attached hydrogen (secondary N) is 1. The Morgan fingerprint density at radius 1 is 1.16 bits per heavy atom. The number of rotatable bonds is 5. The second-order valence-corrected chi connectivity index (χ2v) is 7.12. The van der Waals surface area contributed by atoms with Crippen LogP contribution in [0.25, 0.3) is 0 Å². The Bertz CT molecular complexity index is 914. The fourth-order valence-corrected chi connectivity index (χ4v) is 2.53. The van der Waals surface area contributed by atoms with Crippen LogP contribution in [-0.2, 0) is 16.6 Å². The maximum Gasteiger partial charge on any atom is 0.267 e. The van der Waals surface area contributed by atoms with Gasteiger partial charge in [-0.25, -0.2) is 26.3 Å². The smallest absolute Gasteiger partial charge is 0.267 e. The fourth-order valence-electron chi connectivity index (χ4n) is 1.87. The van der Waals surface area contributed by atoms with Crippen LogP contribution in [0.4, 0.5) is 13.2 Å². The van der Waals surface area contributed by atoms with Crippen molar-refractivity contribution in [2.24, 2.45) is 0 Å². The molecule has 134 valence electrons. The average Bonchev–Trinajstić information content (AvgIpc) is 2.47. The van der Waals surface area contributed by atoms with Gasteiger partial charge >= 0.3 is 0 Å². The predicted molar refractivity (Wildman–Crippen MR) is 84.4 cm³/mol. The number of carbonyl (C=O) groups is 1. The van der Waals surface area contributed by atoms with Crippen molar-refractivity contribution < 1.29 is 31.1 Å². The van der Waals surface area contributed by atoms with Crippen molar-refractivity contribution in [3.63, 3.8) is 0 Å². The number of amides is 1. The van der Waals surface area contributed by atoms with Crippen LogP contribution in [0.1, 0.15) is 15.9 Å². The lowest BCUT2D eigenvalue weighted by Gasteiger charge is -2.11. The van der Waals surface area contributed by atoms with Gasteiger partial charge in [-0.05, 0) is 24.3 Å². The van der Waals surface area contributed by atoms with Gasteiger partial charge in [0.15, 0.2) is 11.6 Å². The van der Waals surface area contributed by atoms with E-state index in [1.807, 2.05) is 0 Å². The standard InChI is InChI=1S/C15H11ClF3NO4S/c1-25(22,23)20-15(21)9-6-12(18)8(5-13(9)19)7-24-14-10(16)3-2-4-11(14)17/h2-6H,7H2,1H3,(H,20,21). The molecular weight excluding hydrogens is 383 g/mol. The minimum absolute atomic E-state index is 0.0509. The van der Waals surface area contributed by atoms with Crippen molar-refractivity contribution in [2.45, 2.75) is 6.61 Å². The van der Waals surface area contributed by atoms with Crippen molar-refractivity contribution in [1.29, 1.82) is 0 Å². The summed E-state index contributed by atoms with van der Waals surface area (Å²) in [4.78, 5) is 11.6. The van der Waals surface area contributed by atoms with Crippen molar-refractivity contribution in [1.82, 2.24) is 4.72 Å². The third kappa shape index (κ3) is 4.86. The molecule has 5 nitrogen and oxygen atoms in total. The summed E-state index contributed by atoms with van der Waals surface area (Å²) < 4.78 is 70.1. The van der Waals surface area contributed by atoms with E-state index in [9.17, 15) is 26.4 Å². The first-order chi connectivity index (χ1) is 11.6. The van der Waals surface area contributed by atoms with E-state index in [4.69, 9.17) is 16.3 Å². The summed E-state index contributed by atoms with van der Waals surface area (Å²) in [7, 11) is -3.94. The molecule has 0 spiro atoms. The van der Waals surface area contributed by atoms with Gasteiger partial charge in [-0.2, -0.15) is 0 Å². The molecule has 0 bridgehead atoms. The van der Waals surface area contributed by atoms with Gasteiger partial charge in [0, 0.05) is 5.56 Å². The molecule has 2 aromatic rings. The number of hydrogen-bond acceptors (Lipinski definition) is 4. The van der Waals surface area contributed by atoms with E-state index in [1.165, 1.54) is 16.9 Å². The number of sulfonamides is 1. The van der Waals surface area contributed by atoms with Crippen molar-refractivity contribution >= 4 is 27.5 Å². The highest BCUT2D eigenvalue weighted by atomic mass is 35.5. The van der Waals surface area contributed by atoms with Crippen molar-refractivity contribution in [3.8, 4) is 5.75 Å². The van der Waals surface area contributed by atoms with Gasteiger partial charge < -0.3 is 4.74 Å². The first kappa shape index (κ1) is 19.1. The lowest BCUT2D eigenvalue weighted by atomic mass is 10.1. The number of hydrogen-bond donors (Lipinski definition) is 1. The molecule has 1 amide bonds. The number of ether oxygens (including phenoxy) is 1. The molecule has 2 rings (SSSR count). The topological polar surface area (TPSA) is 72.5 Å². The Kier molecular flexibility index (Phi) is 5.58. The summed E-state index contributed by atoms with van der Waals surface area (Å²) in [6.45, 7) is -0.558. The van der Waals surface area contributed by atoms with Crippen molar-refractivity contribution in [2.75, 3.05) is 6.26 Å². The van der Waals surface area contributed by atoms with E-state index < -0.39 is 45.6 Å². The van der Waals surface area contributed by atoms with Crippen molar-refractivity contribution in [3.05, 3.63) is 63.9 Å². The summed E-state index contributed by atoms with van der Waals surface area (Å²) in [5.41, 5.74) is -1.11. The number of para-hydroxylation sites is 1. The summed E-state index contributed by atoms with van der Waals surface area (Å²) in [6, 6.07) is 4.96. The Hall–Kier alpha value is -2.26. The molecular formula is C15H11ClF3NO4S. The zero-order valence-corrected chi connectivity index (χ0v) is 14.2. The lowest BCUT2D eigenvalue weighted by Crippen LogP contribution is -2.30. The third-order valence-corrected chi connectivity index (χ3v) is 3.80. The lowest BCUT2D eigenvalue weighted by molar-refractivity contribution is 0.0977. The average molecular weight is 394 g/mol. The molecule has 0 saturated heterocycles. The van der Waals surface area contributed by atoms with Crippen LogP contribution in [0.2, 0.25) is 5.02 Å². The number of benzene rings is 2. The highest BCUT2D eigenvalue weighted by molar-refractivity contribution is 7.89.